The number of piperidine rings is 1. The smallest absolute Gasteiger partial charge is 0.410 e. The molecule has 1 aliphatic rings. The van der Waals surface area contributed by atoms with E-state index in [2.05, 4.69) is 31.4 Å². The zero-order valence-corrected chi connectivity index (χ0v) is 23.0. The molecule has 194 valence electrons. The molecule has 1 unspecified atom stereocenters. The predicted octanol–water partition coefficient (Wildman–Crippen LogP) is 5.45. The zero-order chi connectivity index (χ0) is 26.2. The number of hydrogen-bond donors (Lipinski definition) is 2. The topological polar surface area (TPSA) is 87.7 Å². The van der Waals surface area contributed by atoms with Crippen molar-refractivity contribution in [1.29, 1.82) is 0 Å². The van der Waals surface area contributed by atoms with Gasteiger partial charge in [0.25, 0.3) is 5.91 Å². The van der Waals surface area contributed by atoms with Gasteiger partial charge < -0.3 is 20.3 Å². The van der Waals surface area contributed by atoms with Crippen LogP contribution in [0, 0.1) is 11.8 Å². The summed E-state index contributed by atoms with van der Waals surface area (Å²) in [6.45, 7) is 15.4. The maximum absolute atomic E-state index is 12.5. The van der Waals surface area contributed by atoms with E-state index in [4.69, 9.17) is 4.74 Å². The van der Waals surface area contributed by atoms with Crippen molar-refractivity contribution in [3.8, 4) is 0 Å². The summed E-state index contributed by atoms with van der Waals surface area (Å²) in [5.41, 5.74) is -0.527. The second-order valence-corrected chi connectivity index (χ2v) is 11.8. The number of carbonyl (C=O) groups excluding carboxylic acids is 3. The normalized spacial score (nSPS) is 16.8. The molecule has 1 aromatic heterocycles. The lowest BCUT2D eigenvalue weighted by Crippen LogP contribution is -2.49. The summed E-state index contributed by atoms with van der Waals surface area (Å²) in [5.74, 6) is 0.511. The number of nitrogens with zero attached hydrogens (tertiary/aromatic N) is 1. The quantitative estimate of drug-likeness (QED) is 0.568. The van der Waals surface area contributed by atoms with Crippen molar-refractivity contribution in [3.05, 3.63) is 35.2 Å². The van der Waals surface area contributed by atoms with Gasteiger partial charge in [-0.1, -0.05) is 39.0 Å². The lowest BCUT2D eigenvalue weighted by Gasteiger charge is -2.34. The number of benzene rings is 1. The second kappa shape index (κ2) is 12.9. The Kier molecular flexibility index (Phi) is 10.6. The van der Waals surface area contributed by atoms with E-state index in [1.54, 1.807) is 11.8 Å². The molecule has 7 nitrogen and oxygen atoms in total. The van der Waals surface area contributed by atoms with Gasteiger partial charge in [-0.2, -0.15) is 0 Å². The third-order valence-corrected chi connectivity index (χ3v) is 6.24. The summed E-state index contributed by atoms with van der Waals surface area (Å²) in [6, 6.07) is 8.99. The lowest BCUT2D eigenvalue weighted by atomic mass is 9.98. The Morgan fingerprint density at radius 2 is 1.80 bits per heavy atom. The summed E-state index contributed by atoms with van der Waals surface area (Å²) in [7, 11) is 0. The third kappa shape index (κ3) is 9.88. The molecule has 1 aromatic carbocycles. The highest BCUT2D eigenvalue weighted by Crippen LogP contribution is 2.25. The summed E-state index contributed by atoms with van der Waals surface area (Å²) in [6.07, 6.45) is 1.49. The van der Waals surface area contributed by atoms with Crippen molar-refractivity contribution >= 4 is 39.3 Å². The molecule has 3 rings (SSSR count). The Balaban J connectivity index is 0.00000100. The minimum Gasteiger partial charge on any atom is -0.444 e. The number of nitrogens with one attached hydrogen (secondary N) is 2. The van der Waals surface area contributed by atoms with Crippen LogP contribution in [0.1, 0.15) is 71.0 Å². The highest BCUT2D eigenvalue weighted by Gasteiger charge is 2.28. The highest BCUT2D eigenvalue weighted by atomic mass is 32.1. The number of likely N-dealkylation sites (tertiary alicyclic amines) is 1. The van der Waals surface area contributed by atoms with Crippen molar-refractivity contribution in [1.82, 2.24) is 15.5 Å². The van der Waals surface area contributed by atoms with Gasteiger partial charge in [0.15, 0.2) is 0 Å². The van der Waals surface area contributed by atoms with E-state index in [0.717, 1.165) is 28.8 Å². The van der Waals surface area contributed by atoms with Crippen molar-refractivity contribution in [2.45, 2.75) is 73.0 Å². The first kappa shape index (κ1) is 28.6. The maximum atomic E-state index is 12.5. The van der Waals surface area contributed by atoms with Crippen LogP contribution in [0.4, 0.5) is 4.79 Å². The van der Waals surface area contributed by atoms with E-state index in [-0.39, 0.29) is 23.8 Å². The van der Waals surface area contributed by atoms with E-state index in [1.165, 1.54) is 11.3 Å². The molecule has 2 aromatic rings. The average molecular weight is 504 g/mol. The number of amides is 3. The number of ether oxygens (including phenoxy) is 1. The van der Waals surface area contributed by atoms with Gasteiger partial charge >= 0.3 is 6.09 Å². The predicted molar refractivity (Wildman–Crippen MR) is 143 cm³/mol. The monoisotopic (exact) mass is 503 g/mol. The number of carbonyl (C=O) groups is 3. The fourth-order valence-electron chi connectivity index (χ4n) is 3.55. The zero-order valence-electron chi connectivity index (χ0n) is 22.1. The van der Waals surface area contributed by atoms with E-state index in [9.17, 15) is 14.4 Å². The summed E-state index contributed by atoms with van der Waals surface area (Å²) >= 11 is 1.41. The molecule has 0 spiro atoms. The molecule has 3 amide bonds. The second-order valence-electron chi connectivity index (χ2n) is 10.8. The SMILES string of the molecule is CC(C)C.C[C@H](NC(=O)c1cc2ccccc2s1)C(=O)NCC1CCCN(C(=O)OC(C)(C)C)C1. The van der Waals surface area contributed by atoms with Crippen LogP contribution in [0.5, 0.6) is 0 Å². The Hall–Kier alpha value is -2.61. The van der Waals surface area contributed by atoms with Gasteiger partial charge in [0, 0.05) is 24.3 Å². The van der Waals surface area contributed by atoms with Crippen LogP contribution in [0.3, 0.4) is 0 Å². The molecule has 0 aliphatic carbocycles. The molecular weight excluding hydrogens is 462 g/mol. The van der Waals surface area contributed by atoms with Gasteiger partial charge in [-0.25, -0.2) is 4.79 Å². The van der Waals surface area contributed by atoms with Crippen molar-refractivity contribution in [2.24, 2.45) is 11.8 Å². The Labute approximate surface area is 213 Å². The highest BCUT2D eigenvalue weighted by molar-refractivity contribution is 7.20. The first-order chi connectivity index (χ1) is 16.4. The molecule has 8 heteroatoms. The number of fused-ring (bicyclic) bond motifs is 1. The van der Waals surface area contributed by atoms with Crippen molar-refractivity contribution in [3.63, 3.8) is 0 Å². The van der Waals surface area contributed by atoms with Gasteiger partial charge in [0.1, 0.15) is 11.6 Å². The molecule has 35 heavy (non-hydrogen) atoms. The minimum absolute atomic E-state index is 0.163. The number of thiophene rings is 1. The van der Waals surface area contributed by atoms with Crippen molar-refractivity contribution < 1.29 is 19.1 Å². The van der Waals surface area contributed by atoms with E-state index >= 15 is 0 Å². The fraction of sp³-hybridized carbons (Fsp3) is 0.593. The molecule has 1 aliphatic heterocycles. The molecule has 1 saturated heterocycles. The first-order valence-electron chi connectivity index (χ1n) is 12.4. The van der Waals surface area contributed by atoms with Crippen LogP contribution in [-0.4, -0.2) is 54.1 Å². The first-order valence-corrected chi connectivity index (χ1v) is 13.2. The van der Waals surface area contributed by atoms with Crippen LogP contribution < -0.4 is 10.6 Å². The minimum atomic E-state index is -0.650. The molecule has 2 N–H and O–H groups in total. The van der Waals surface area contributed by atoms with Gasteiger partial charge in [0.2, 0.25) is 5.91 Å². The molecule has 2 atom stereocenters. The lowest BCUT2D eigenvalue weighted by molar-refractivity contribution is -0.122. The molecule has 1 fully saturated rings. The number of rotatable bonds is 5. The fourth-order valence-corrected chi connectivity index (χ4v) is 4.51. The maximum Gasteiger partial charge on any atom is 0.410 e. The van der Waals surface area contributed by atoms with Gasteiger partial charge in [-0.15, -0.1) is 11.3 Å². The Morgan fingerprint density at radius 1 is 1.14 bits per heavy atom. The van der Waals surface area contributed by atoms with Crippen LogP contribution in [0.2, 0.25) is 0 Å². The van der Waals surface area contributed by atoms with Gasteiger partial charge in [-0.05, 0) is 69.9 Å². The largest absolute Gasteiger partial charge is 0.444 e. The van der Waals surface area contributed by atoms with Crippen LogP contribution in [-0.2, 0) is 9.53 Å². The van der Waals surface area contributed by atoms with Crippen LogP contribution >= 0.6 is 11.3 Å². The van der Waals surface area contributed by atoms with E-state index in [1.807, 2.05) is 51.1 Å². The Morgan fingerprint density at radius 3 is 2.43 bits per heavy atom. The van der Waals surface area contributed by atoms with E-state index < -0.39 is 11.6 Å². The molecule has 0 saturated carbocycles. The van der Waals surface area contributed by atoms with Crippen LogP contribution in [0.15, 0.2) is 30.3 Å². The van der Waals surface area contributed by atoms with E-state index in [0.29, 0.717) is 24.5 Å². The Bertz CT molecular complexity index is 960. The third-order valence-electron chi connectivity index (χ3n) is 5.13. The van der Waals surface area contributed by atoms with Gasteiger partial charge in [-0.3, -0.25) is 9.59 Å². The summed E-state index contributed by atoms with van der Waals surface area (Å²) in [5, 5.41) is 6.70. The molecular formula is C27H41N3O4S. The standard InChI is InChI=1S/C23H31N3O4S.C4H10/c1-15(25-21(28)19-12-17-9-5-6-10-18(17)31-19)20(27)24-13-16-8-7-11-26(14-16)22(29)30-23(2,3)4;1-4(2)3/h5-6,9-10,12,15-16H,7-8,11,13-14H2,1-4H3,(H,24,27)(H,25,28);4H,1-3H3/t15-,16?;/m0./s1. The van der Waals surface area contributed by atoms with Crippen molar-refractivity contribution in [2.75, 3.05) is 19.6 Å². The summed E-state index contributed by atoms with van der Waals surface area (Å²) in [4.78, 5) is 39.6. The van der Waals surface area contributed by atoms with Gasteiger partial charge in [0.05, 0.1) is 4.88 Å². The van der Waals surface area contributed by atoms with Crippen LogP contribution in [0.25, 0.3) is 10.1 Å². The summed E-state index contributed by atoms with van der Waals surface area (Å²) < 4.78 is 6.49. The number of hydrogen-bond acceptors (Lipinski definition) is 5. The molecule has 2 heterocycles. The molecule has 0 bridgehead atoms. The average Bonchev–Trinajstić information content (AvgIpc) is 3.20. The molecule has 0 radical (unpaired) electrons.